The molecule has 1 aliphatic rings. The molecule has 1 unspecified atom stereocenters. The van der Waals surface area contributed by atoms with E-state index in [0.29, 0.717) is 28.4 Å². The third kappa shape index (κ3) is 6.18. The van der Waals surface area contributed by atoms with Crippen molar-refractivity contribution < 1.29 is 4.79 Å². The highest BCUT2D eigenvalue weighted by Crippen LogP contribution is 2.27. The van der Waals surface area contributed by atoms with Crippen LogP contribution in [0.3, 0.4) is 0 Å². The summed E-state index contributed by atoms with van der Waals surface area (Å²) in [5, 5.41) is 15.6. The fourth-order valence-electron chi connectivity index (χ4n) is 2.91. The van der Waals surface area contributed by atoms with E-state index in [1.54, 1.807) is 6.20 Å². The molecule has 1 fully saturated rings. The largest absolute Gasteiger partial charge is 0.317 e. The minimum absolute atomic E-state index is 0. The summed E-state index contributed by atoms with van der Waals surface area (Å²) in [6, 6.07) is 5.64. The van der Waals surface area contributed by atoms with Gasteiger partial charge in [-0.25, -0.2) is 0 Å². The minimum Gasteiger partial charge on any atom is -0.317 e. The fourth-order valence-corrected chi connectivity index (χ4v) is 3.65. The molecule has 1 aliphatic heterocycles. The molecule has 3 heterocycles. The third-order valence-corrected chi connectivity index (χ3v) is 5.11. The number of amides is 1. The van der Waals surface area contributed by atoms with E-state index in [-0.39, 0.29) is 30.7 Å². The maximum absolute atomic E-state index is 12.2. The molecule has 1 amide bonds. The zero-order valence-electron chi connectivity index (χ0n) is 14.0. The van der Waals surface area contributed by atoms with Gasteiger partial charge in [-0.2, -0.15) is 0 Å². The van der Waals surface area contributed by atoms with Gasteiger partial charge in [0.1, 0.15) is 5.69 Å². The number of hydrogen-bond donors (Lipinski definition) is 2. The lowest BCUT2D eigenvalue weighted by Crippen LogP contribution is -2.32. The van der Waals surface area contributed by atoms with Crippen molar-refractivity contribution in [2.45, 2.75) is 26.2 Å². The van der Waals surface area contributed by atoms with Crippen molar-refractivity contribution in [3.05, 3.63) is 24.4 Å². The molecule has 0 saturated carbocycles. The Hall–Kier alpha value is -1.28. The number of aromatic nitrogens is 3. The molecule has 2 aromatic rings. The molecule has 0 bridgehead atoms. The summed E-state index contributed by atoms with van der Waals surface area (Å²) in [6.07, 6.45) is 4.55. The second kappa shape index (κ2) is 10.7. The Morgan fingerprint density at radius 2 is 2.08 bits per heavy atom. The number of carbonyl (C=O) groups is 1. The van der Waals surface area contributed by atoms with Crippen molar-refractivity contribution >= 4 is 47.2 Å². The number of hydrogen-bond acceptors (Lipinski definition) is 6. The van der Waals surface area contributed by atoms with Gasteiger partial charge in [-0.3, -0.25) is 9.78 Å². The van der Waals surface area contributed by atoms with Gasteiger partial charge in [0, 0.05) is 12.6 Å². The van der Waals surface area contributed by atoms with E-state index in [4.69, 9.17) is 0 Å². The topological polar surface area (TPSA) is 79.8 Å². The third-order valence-electron chi connectivity index (χ3n) is 4.25. The predicted molar refractivity (Wildman–Crippen MR) is 106 cm³/mol. The monoisotopic (exact) mass is 403 g/mol. The Balaban J connectivity index is 0.00000156. The number of nitrogens with zero attached hydrogens (tertiary/aromatic N) is 3. The van der Waals surface area contributed by atoms with E-state index in [0.717, 1.165) is 31.6 Å². The van der Waals surface area contributed by atoms with Crippen molar-refractivity contribution in [2.24, 2.45) is 11.8 Å². The number of pyridine rings is 1. The first-order valence-electron chi connectivity index (χ1n) is 7.98. The molecule has 9 heteroatoms. The molecule has 2 N–H and O–H groups in total. The van der Waals surface area contributed by atoms with E-state index >= 15 is 0 Å². The van der Waals surface area contributed by atoms with Gasteiger partial charge in [-0.1, -0.05) is 24.3 Å². The molecule has 25 heavy (non-hydrogen) atoms. The molecule has 138 valence electrons. The van der Waals surface area contributed by atoms with E-state index in [2.05, 4.69) is 32.7 Å². The SMILES string of the molecule is CC(CC(=O)Nc1nnc(-c2ccccn2)s1)C1CCNCC1.Cl.Cl. The number of piperidine rings is 1. The average molecular weight is 404 g/mol. The Kier molecular flexibility index (Phi) is 9.27. The summed E-state index contributed by atoms with van der Waals surface area (Å²) in [6.45, 7) is 4.27. The summed E-state index contributed by atoms with van der Waals surface area (Å²) in [5.74, 6) is 1.03. The quantitative estimate of drug-likeness (QED) is 0.799. The first-order chi connectivity index (χ1) is 11.2. The van der Waals surface area contributed by atoms with Crippen LogP contribution in [0.4, 0.5) is 5.13 Å². The zero-order valence-corrected chi connectivity index (χ0v) is 16.4. The second-order valence-corrected chi connectivity index (χ2v) is 6.92. The van der Waals surface area contributed by atoms with Crippen LogP contribution < -0.4 is 10.6 Å². The summed E-state index contributed by atoms with van der Waals surface area (Å²) in [4.78, 5) is 16.4. The van der Waals surface area contributed by atoms with Crippen molar-refractivity contribution in [3.63, 3.8) is 0 Å². The van der Waals surface area contributed by atoms with Crippen molar-refractivity contribution in [2.75, 3.05) is 18.4 Å². The molecule has 1 atom stereocenters. The van der Waals surface area contributed by atoms with E-state index < -0.39 is 0 Å². The smallest absolute Gasteiger partial charge is 0.226 e. The van der Waals surface area contributed by atoms with Gasteiger partial charge >= 0.3 is 0 Å². The fraction of sp³-hybridized carbons (Fsp3) is 0.500. The van der Waals surface area contributed by atoms with Gasteiger partial charge in [0.2, 0.25) is 11.0 Å². The molecule has 3 rings (SSSR count). The molecule has 2 aromatic heterocycles. The van der Waals surface area contributed by atoms with Gasteiger partial charge in [-0.05, 0) is 49.9 Å². The Morgan fingerprint density at radius 3 is 2.76 bits per heavy atom. The van der Waals surface area contributed by atoms with Crippen LogP contribution in [0.5, 0.6) is 0 Å². The van der Waals surface area contributed by atoms with Crippen LogP contribution in [0.15, 0.2) is 24.4 Å². The number of rotatable bonds is 5. The highest BCUT2D eigenvalue weighted by atomic mass is 35.5. The standard InChI is InChI=1S/C16H21N5OS.2ClH/c1-11(12-5-8-17-9-6-12)10-14(22)19-16-21-20-15(23-16)13-4-2-3-7-18-13;;/h2-4,7,11-12,17H,5-6,8-10H2,1H3,(H,19,21,22);2*1H. The highest BCUT2D eigenvalue weighted by molar-refractivity contribution is 7.18. The zero-order chi connectivity index (χ0) is 16.1. The van der Waals surface area contributed by atoms with Crippen LogP contribution in [0.1, 0.15) is 26.2 Å². The Bertz CT molecular complexity index is 649. The van der Waals surface area contributed by atoms with Crippen molar-refractivity contribution in [3.8, 4) is 10.7 Å². The van der Waals surface area contributed by atoms with Crippen LogP contribution >= 0.6 is 36.2 Å². The van der Waals surface area contributed by atoms with Crippen LogP contribution in [-0.4, -0.2) is 34.2 Å². The summed E-state index contributed by atoms with van der Waals surface area (Å²) in [7, 11) is 0. The van der Waals surface area contributed by atoms with E-state index in [9.17, 15) is 4.79 Å². The van der Waals surface area contributed by atoms with Crippen LogP contribution in [0.2, 0.25) is 0 Å². The summed E-state index contributed by atoms with van der Waals surface area (Å²) in [5.41, 5.74) is 0.772. The number of halogens is 2. The number of nitrogens with one attached hydrogen (secondary N) is 2. The highest BCUT2D eigenvalue weighted by Gasteiger charge is 2.22. The molecule has 6 nitrogen and oxygen atoms in total. The van der Waals surface area contributed by atoms with E-state index in [1.807, 2.05) is 18.2 Å². The maximum atomic E-state index is 12.2. The van der Waals surface area contributed by atoms with Crippen molar-refractivity contribution in [1.29, 1.82) is 0 Å². The average Bonchev–Trinajstić information content (AvgIpc) is 3.04. The normalized spacial score (nSPS) is 15.6. The van der Waals surface area contributed by atoms with Gasteiger partial charge < -0.3 is 10.6 Å². The molecular formula is C16H23Cl2N5OS. The molecule has 0 radical (unpaired) electrons. The van der Waals surface area contributed by atoms with Gasteiger partial charge in [0.05, 0.1) is 0 Å². The predicted octanol–water partition coefficient (Wildman–Crippen LogP) is 3.41. The second-order valence-electron chi connectivity index (χ2n) is 5.94. The molecule has 0 aromatic carbocycles. The summed E-state index contributed by atoms with van der Waals surface area (Å²) >= 11 is 1.35. The molecular weight excluding hydrogens is 381 g/mol. The van der Waals surface area contributed by atoms with Gasteiger partial charge in [0.25, 0.3) is 0 Å². The molecule has 0 spiro atoms. The first kappa shape index (κ1) is 21.8. The molecule has 1 saturated heterocycles. The lowest BCUT2D eigenvalue weighted by molar-refractivity contribution is -0.117. The minimum atomic E-state index is 0. The Morgan fingerprint density at radius 1 is 1.32 bits per heavy atom. The number of carbonyl (C=O) groups excluding carboxylic acids is 1. The van der Waals surface area contributed by atoms with Gasteiger partial charge in [-0.15, -0.1) is 35.0 Å². The van der Waals surface area contributed by atoms with Crippen LogP contribution in [0.25, 0.3) is 10.7 Å². The van der Waals surface area contributed by atoms with Crippen molar-refractivity contribution in [1.82, 2.24) is 20.5 Å². The first-order valence-corrected chi connectivity index (χ1v) is 8.79. The van der Waals surface area contributed by atoms with Gasteiger partial charge in [0.15, 0.2) is 5.01 Å². The maximum Gasteiger partial charge on any atom is 0.226 e. The number of anilines is 1. The van der Waals surface area contributed by atoms with Crippen LogP contribution in [-0.2, 0) is 4.79 Å². The Labute approximate surface area is 164 Å². The summed E-state index contributed by atoms with van der Waals surface area (Å²) < 4.78 is 0. The molecule has 0 aliphatic carbocycles. The lowest BCUT2D eigenvalue weighted by atomic mass is 9.84. The van der Waals surface area contributed by atoms with E-state index in [1.165, 1.54) is 11.3 Å². The van der Waals surface area contributed by atoms with Crippen LogP contribution in [0, 0.1) is 11.8 Å². The lowest BCUT2D eigenvalue weighted by Gasteiger charge is -2.27.